The molecule has 1 aliphatic carbocycles. The second-order valence-electron chi connectivity index (χ2n) is 14.3. The Kier molecular flexibility index (Phi) is 7.64. The Morgan fingerprint density at radius 1 is 0.316 bits per heavy atom. The van der Waals surface area contributed by atoms with E-state index in [1.807, 2.05) is 72.8 Å². The van der Waals surface area contributed by atoms with Gasteiger partial charge in [0.05, 0.1) is 5.41 Å². The molecule has 8 aromatic carbocycles. The van der Waals surface area contributed by atoms with Crippen LogP contribution in [-0.2, 0) is 5.41 Å². The molecule has 0 unspecified atom stereocenters. The lowest BCUT2D eigenvalue weighted by Crippen LogP contribution is -2.28. The first-order chi connectivity index (χ1) is 28.3. The van der Waals surface area contributed by atoms with Gasteiger partial charge in [-0.25, -0.2) is 15.0 Å². The molecule has 11 rings (SSSR count). The van der Waals surface area contributed by atoms with Crippen LogP contribution in [0.4, 0.5) is 0 Å². The summed E-state index contributed by atoms with van der Waals surface area (Å²) in [5.74, 6) is 4.63. The number of fused-ring (bicyclic) bond motifs is 6. The summed E-state index contributed by atoms with van der Waals surface area (Å²) in [6, 6.07) is 69.0. The predicted molar refractivity (Wildman–Crippen MR) is 225 cm³/mol. The zero-order valence-electron chi connectivity index (χ0n) is 30.7. The third-order valence-electron chi connectivity index (χ3n) is 11.1. The van der Waals surface area contributed by atoms with Crippen molar-refractivity contribution < 1.29 is 9.47 Å². The molecule has 268 valence electrons. The molecule has 0 atom stereocenters. The number of rotatable bonds is 6. The molecule has 2 heterocycles. The van der Waals surface area contributed by atoms with E-state index in [0.717, 1.165) is 44.7 Å². The van der Waals surface area contributed by atoms with E-state index in [1.54, 1.807) is 0 Å². The SMILES string of the molecule is c1ccc(-c2nc(-c3ccccc3)nc(-c3ccc(-c4cccc5c4Oc4ccc6c(c4O5)-c4ccccc4C6(c4ccccc4)c4ccccc4)cc3)n2)cc1. The number of nitrogens with zero attached hydrogens (tertiary/aromatic N) is 3. The van der Waals surface area contributed by atoms with Gasteiger partial charge in [0.2, 0.25) is 0 Å². The van der Waals surface area contributed by atoms with Crippen molar-refractivity contribution in [3.63, 3.8) is 0 Å². The Bertz CT molecular complexity index is 2840. The van der Waals surface area contributed by atoms with E-state index in [-0.39, 0.29) is 0 Å². The van der Waals surface area contributed by atoms with Crippen molar-refractivity contribution in [2.75, 3.05) is 0 Å². The van der Waals surface area contributed by atoms with E-state index in [4.69, 9.17) is 24.4 Å². The second kappa shape index (κ2) is 13.3. The number of hydrogen-bond donors (Lipinski definition) is 0. The maximum atomic E-state index is 6.96. The Labute approximate surface area is 330 Å². The summed E-state index contributed by atoms with van der Waals surface area (Å²) in [5.41, 5.74) is 11.1. The first-order valence-electron chi connectivity index (χ1n) is 19.1. The Balaban J connectivity index is 0.990. The van der Waals surface area contributed by atoms with Crippen molar-refractivity contribution in [3.05, 3.63) is 222 Å². The molecular formula is C52H33N3O2. The van der Waals surface area contributed by atoms with Crippen LogP contribution >= 0.6 is 0 Å². The average Bonchev–Trinajstić information content (AvgIpc) is 3.61. The molecule has 0 N–H and O–H groups in total. The summed E-state index contributed by atoms with van der Waals surface area (Å²) < 4.78 is 13.8. The van der Waals surface area contributed by atoms with Gasteiger partial charge >= 0.3 is 0 Å². The molecule has 5 heteroatoms. The van der Waals surface area contributed by atoms with E-state index in [9.17, 15) is 0 Å². The van der Waals surface area contributed by atoms with Crippen molar-refractivity contribution in [2.45, 2.75) is 5.41 Å². The molecule has 0 amide bonds. The third kappa shape index (κ3) is 5.28. The molecular weight excluding hydrogens is 699 g/mol. The molecule has 57 heavy (non-hydrogen) atoms. The van der Waals surface area contributed by atoms with E-state index in [2.05, 4.69) is 127 Å². The predicted octanol–water partition coefficient (Wildman–Crippen LogP) is 12.8. The Morgan fingerprint density at radius 2 is 0.772 bits per heavy atom. The van der Waals surface area contributed by atoms with Crippen molar-refractivity contribution in [2.24, 2.45) is 0 Å². The standard InChI is InChI=1S/C52H33N3O2/c1-5-16-35(17-6-1)49-53-50(36-18-7-2-8-19-36)55-51(54-49)37-30-28-34(29-31-37)40-25-15-27-44-47(40)56-45-33-32-43-46(48(45)57-44)41-24-13-14-26-42(41)52(43,38-20-9-3-10-21-38)39-22-11-4-12-23-39/h1-33H. The summed E-state index contributed by atoms with van der Waals surface area (Å²) in [6.07, 6.45) is 0. The number of para-hydroxylation sites is 1. The van der Waals surface area contributed by atoms with Gasteiger partial charge in [-0.05, 0) is 45.5 Å². The Hall–Kier alpha value is -7.63. The van der Waals surface area contributed by atoms with Gasteiger partial charge in [-0.1, -0.05) is 188 Å². The zero-order valence-corrected chi connectivity index (χ0v) is 30.7. The molecule has 0 radical (unpaired) electrons. The van der Waals surface area contributed by atoms with Crippen molar-refractivity contribution in [3.8, 4) is 79.4 Å². The first kappa shape index (κ1) is 32.8. The fourth-order valence-electron chi connectivity index (χ4n) is 8.55. The van der Waals surface area contributed by atoms with Crippen molar-refractivity contribution >= 4 is 0 Å². The van der Waals surface area contributed by atoms with Crippen molar-refractivity contribution in [1.82, 2.24) is 15.0 Å². The zero-order chi connectivity index (χ0) is 37.8. The minimum Gasteiger partial charge on any atom is -0.449 e. The van der Waals surface area contributed by atoms with Gasteiger partial charge < -0.3 is 9.47 Å². The van der Waals surface area contributed by atoms with Gasteiger partial charge in [0.15, 0.2) is 40.5 Å². The lowest BCUT2D eigenvalue weighted by Gasteiger charge is -2.34. The Morgan fingerprint density at radius 3 is 1.37 bits per heavy atom. The topological polar surface area (TPSA) is 57.1 Å². The molecule has 0 bridgehead atoms. The van der Waals surface area contributed by atoms with Crippen LogP contribution in [0, 0.1) is 0 Å². The van der Waals surface area contributed by atoms with E-state index >= 15 is 0 Å². The van der Waals surface area contributed by atoms with Crippen LogP contribution in [0.5, 0.6) is 23.0 Å². The van der Waals surface area contributed by atoms with Gasteiger partial charge in [-0.2, -0.15) is 0 Å². The van der Waals surface area contributed by atoms with Gasteiger partial charge in [0.1, 0.15) is 0 Å². The lowest BCUT2D eigenvalue weighted by atomic mass is 9.68. The van der Waals surface area contributed by atoms with Crippen LogP contribution in [0.1, 0.15) is 22.3 Å². The van der Waals surface area contributed by atoms with E-state index in [0.29, 0.717) is 34.7 Å². The number of benzene rings is 8. The van der Waals surface area contributed by atoms with E-state index in [1.165, 1.54) is 22.3 Å². The highest BCUT2D eigenvalue weighted by molar-refractivity contribution is 5.92. The maximum Gasteiger partial charge on any atom is 0.178 e. The van der Waals surface area contributed by atoms with Crippen LogP contribution in [0.2, 0.25) is 0 Å². The number of aromatic nitrogens is 3. The molecule has 5 nitrogen and oxygen atoms in total. The maximum absolute atomic E-state index is 6.96. The van der Waals surface area contributed by atoms with Crippen LogP contribution in [0.15, 0.2) is 200 Å². The summed E-state index contributed by atoms with van der Waals surface area (Å²) in [4.78, 5) is 14.7. The largest absolute Gasteiger partial charge is 0.449 e. The number of hydrogen-bond acceptors (Lipinski definition) is 5. The molecule has 2 aliphatic rings. The number of ether oxygens (including phenoxy) is 2. The van der Waals surface area contributed by atoms with Crippen molar-refractivity contribution in [1.29, 1.82) is 0 Å². The minimum atomic E-state index is -0.529. The summed E-state index contributed by atoms with van der Waals surface area (Å²) in [7, 11) is 0. The molecule has 0 fully saturated rings. The quantitative estimate of drug-likeness (QED) is 0.170. The molecule has 1 aliphatic heterocycles. The van der Waals surface area contributed by atoms with Gasteiger partial charge in [0.25, 0.3) is 0 Å². The molecule has 0 spiro atoms. The van der Waals surface area contributed by atoms with Crippen LogP contribution in [0.3, 0.4) is 0 Å². The highest BCUT2D eigenvalue weighted by Gasteiger charge is 2.48. The molecule has 0 saturated heterocycles. The van der Waals surface area contributed by atoms with Gasteiger partial charge in [0, 0.05) is 27.8 Å². The molecule has 9 aromatic rings. The lowest BCUT2D eigenvalue weighted by molar-refractivity contribution is 0.361. The first-order valence-corrected chi connectivity index (χ1v) is 19.1. The molecule has 1 aromatic heterocycles. The average molecular weight is 732 g/mol. The normalized spacial score (nSPS) is 13.0. The van der Waals surface area contributed by atoms with Crippen LogP contribution < -0.4 is 9.47 Å². The van der Waals surface area contributed by atoms with E-state index < -0.39 is 5.41 Å². The highest BCUT2D eigenvalue weighted by Crippen LogP contribution is 2.62. The fourth-order valence-corrected chi connectivity index (χ4v) is 8.55. The second-order valence-corrected chi connectivity index (χ2v) is 14.3. The van der Waals surface area contributed by atoms with Crippen LogP contribution in [-0.4, -0.2) is 15.0 Å². The molecule has 0 saturated carbocycles. The third-order valence-corrected chi connectivity index (χ3v) is 11.1. The van der Waals surface area contributed by atoms with Gasteiger partial charge in [-0.3, -0.25) is 0 Å². The summed E-state index contributed by atoms with van der Waals surface area (Å²) in [6.45, 7) is 0. The monoisotopic (exact) mass is 731 g/mol. The minimum absolute atomic E-state index is 0.529. The highest BCUT2D eigenvalue weighted by atomic mass is 16.6. The summed E-state index contributed by atoms with van der Waals surface area (Å²) in [5, 5.41) is 0. The summed E-state index contributed by atoms with van der Waals surface area (Å²) >= 11 is 0. The smallest absolute Gasteiger partial charge is 0.178 e. The van der Waals surface area contributed by atoms with Gasteiger partial charge in [-0.15, -0.1) is 0 Å². The fraction of sp³-hybridized carbons (Fsp3) is 0.0192. The van der Waals surface area contributed by atoms with Crippen LogP contribution in [0.25, 0.3) is 56.4 Å².